The Balaban J connectivity index is 2.15. The Hall–Kier alpha value is -1.93. The number of nitrogens with zero attached hydrogens (tertiary/aromatic N) is 1. The lowest BCUT2D eigenvalue weighted by molar-refractivity contribution is -0.147. The molecule has 0 radical (unpaired) electrons. The number of carboxylic acids is 1. The molecule has 0 aromatic heterocycles. The molecule has 1 aromatic carbocycles. The summed E-state index contributed by atoms with van der Waals surface area (Å²) < 4.78 is 29.5. The van der Waals surface area contributed by atoms with Gasteiger partial charge in [0.05, 0.1) is 11.0 Å². The average Bonchev–Trinajstić information content (AvgIpc) is 2.82. The molecule has 0 spiro atoms. The predicted octanol–water partition coefficient (Wildman–Crippen LogP) is 0.774. The summed E-state index contributed by atoms with van der Waals surface area (Å²) in [4.78, 5) is 23.7. The first-order valence-corrected chi connectivity index (χ1v) is 8.11. The summed E-state index contributed by atoms with van der Waals surface area (Å²) in [6.45, 7) is 3.01. The highest BCUT2D eigenvalue weighted by Gasteiger charge is 2.41. The van der Waals surface area contributed by atoms with E-state index >= 15 is 0 Å². The topological polar surface area (TPSA) is 101 Å². The largest absolute Gasteiger partial charge is 0.480 e. The van der Waals surface area contributed by atoms with Crippen LogP contribution in [0.4, 0.5) is 0 Å². The molecule has 0 aliphatic carbocycles. The normalized spacial score (nSPS) is 21.8. The number of carbonyl (C=O) groups excluding carboxylic acids is 1. The monoisotopic (exact) mass is 327 g/mol. The Bertz CT molecular complexity index is 660. The lowest BCUT2D eigenvalue weighted by Crippen LogP contribution is -2.39. The fourth-order valence-corrected chi connectivity index (χ4v) is 3.47. The van der Waals surface area contributed by atoms with Crippen molar-refractivity contribution in [2.24, 2.45) is 0 Å². The smallest absolute Gasteiger partial charge is 0.326 e. The number of rotatable bonds is 4. The summed E-state index contributed by atoms with van der Waals surface area (Å²) in [6, 6.07) is 5.09. The van der Waals surface area contributed by atoms with Crippen LogP contribution in [0.5, 0.6) is 0 Å². The molecule has 22 heavy (non-hydrogen) atoms. The van der Waals surface area contributed by atoms with Crippen LogP contribution in [-0.4, -0.2) is 49.0 Å². The van der Waals surface area contributed by atoms with Gasteiger partial charge in [0.25, 0.3) is 10.1 Å². The van der Waals surface area contributed by atoms with Crippen molar-refractivity contribution in [3.05, 3.63) is 29.8 Å². The predicted molar refractivity (Wildman–Crippen MR) is 76.7 cm³/mol. The molecule has 1 saturated heterocycles. The van der Waals surface area contributed by atoms with Gasteiger partial charge in [0.15, 0.2) is 0 Å². The van der Waals surface area contributed by atoms with E-state index in [-0.39, 0.29) is 17.9 Å². The molecule has 2 atom stereocenters. The van der Waals surface area contributed by atoms with Crippen molar-refractivity contribution >= 4 is 22.0 Å². The van der Waals surface area contributed by atoms with Crippen LogP contribution in [0.2, 0.25) is 0 Å². The van der Waals surface area contributed by atoms with Crippen LogP contribution >= 0.6 is 0 Å². The minimum atomic E-state index is -3.99. The van der Waals surface area contributed by atoms with Crippen LogP contribution < -0.4 is 0 Å². The minimum absolute atomic E-state index is 0.00579. The van der Waals surface area contributed by atoms with Crippen molar-refractivity contribution in [1.29, 1.82) is 0 Å². The Morgan fingerprint density at radius 1 is 1.27 bits per heavy atom. The summed E-state index contributed by atoms with van der Waals surface area (Å²) in [6.07, 6.45) is -0.920. The number of carboxylic acid groups (broad SMARTS) is 1. The van der Waals surface area contributed by atoms with E-state index in [2.05, 4.69) is 0 Å². The SMILES string of the molecule is CC(=O)N1C[C@H](OS(=O)(=O)c2ccc(C)cc2)C[C@@H]1C(=O)O. The van der Waals surface area contributed by atoms with E-state index in [0.29, 0.717) is 0 Å². The van der Waals surface area contributed by atoms with Crippen LogP contribution in [0.25, 0.3) is 0 Å². The molecule has 120 valence electrons. The van der Waals surface area contributed by atoms with Gasteiger partial charge in [-0.2, -0.15) is 8.42 Å². The van der Waals surface area contributed by atoms with Crippen LogP contribution in [0, 0.1) is 6.92 Å². The Kier molecular flexibility index (Phi) is 4.52. The number of aliphatic carboxylic acids is 1. The van der Waals surface area contributed by atoms with Gasteiger partial charge in [-0.1, -0.05) is 17.7 Å². The first kappa shape index (κ1) is 16.4. The number of aryl methyl sites for hydroxylation is 1. The highest BCUT2D eigenvalue weighted by Crippen LogP contribution is 2.25. The van der Waals surface area contributed by atoms with Crippen molar-refractivity contribution in [2.45, 2.75) is 37.3 Å². The number of hydrogen-bond donors (Lipinski definition) is 1. The molecule has 1 aliphatic heterocycles. The molecule has 1 heterocycles. The highest BCUT2D eigenvalue weighted by molar-refractivity contribution is 7.86. The maximum atomic E-state index is 12.2. The zero-order valence-electron chi connectivity index (χ0n) is 12.2. The van der Waals surface area contributed by atoms with Crippen molar-refractivity contribution < 1.29 is 27.3 Å². The van der Waals surface area contributed by atoms with Gasteiger partial charge in [-0.05, 0) is 19.1 Å². The summed E-state index contributed by atoms with van der Waals surface area (Å²) >= 11 is 0. The molecule has 0 unspecified atom stereocenters. The molecule has 0 saturated carbocycles. The van der Waals surface area contributed by atoms with Crippen molar-refractivity contribution in [3.63, 3.8) is 0 Å². The van der Waals surface area contributed by atoms with E-state index in [0.717, 1.165) is 10.5 Å². The number of likely N-dealkylation sites (tertiary alicyclic amines) is 1. The second-order valence-electron chi connectivity index (χ2n) is 5.25. The van der Waals surface area contributed by atoms with Crippen LogP contribution in [0.15, 0.2) is 29.2 Å². The van der Waals surface area contributed by atoms with Crippen LogP contribution in [0.1, 0.15) is 18.9 Å². The van der Waals surface area contributed by atoms with E-state index in [1.165, 1.54) is 19.1 Å². The van der Waals surface area contributed by atoms with Gasteiger partial charge in [-0.3, -0.25) is 8.98 Å². The van der Waals surface area contributed by atoms with Gasteiger partial charge >= 0.3 is 5.97 Å². The fourth-order valence-electron chi connectivity index (χ4n) is 2.39. The first-order chi connectivity index (χ1) is 10.2. The number of benzene rings is 1. The maximum absolute atomic E-state index is 12.2. The summed E-state index contributed by atoms with van der Waals surface area (Å²) in [5.74, 6) is -1.60. The molecule has 1 aromatic rings. The van der Waals surface area contributed by atoms with E-state index in [9.17, 15) is 18.0 Å². The highest BCUT2D eigenvalue weighted by atomic mass is 32.2. The third-order valence-electron chi connectivity index (χ3n) is 3.52. The van der Waals surface area contributed by atoms with Crippen molar-refractivity contribution in [2.75, 3.05) is 6.54 Å². The summed E-state index contributed by atoms with van der Waals surface area (Å²) in [7, 11) is -3.99. The zero-order valence-corrected chi connectivity index (χ0v) is 13.0. The fraction of sp³-hybridized carbons (Fsp3) is 0.429. The second kappa shape index (κ2) is 6.05. The molecule has 1 N–H and O–H groups in total. The maximum Gasteiger partial charge on any atom is 0.326 e. The van der Waals surface area contributed by atoms with E-state index in [4.69, 9.17) is 9.29 Å². The summed E-state index contributed by atoms with van der Waals surface area (Å²) in [5.41, 5.74) is 0.911. The molecular weight excluding hydrogens is 310 g/mol. The zero-order chi connectivity index (χ0) is 16.5. The van der Waals surface area contributed by atoms with Gasteiger partial charge in [0.1, 0.15) is 6.04 Å². The van der Waals surface area contributed by atoms with Crippen LogP contribution in [-0.2, 0) is 23.9 Å². The number of hydrogen-bond acceptors (Lipinski definition) is 5. The third kappa shape index (κ3) is 3.45. The average molecular weight is 327 g/mol. The van der Waals surface area contributed by atoms with Gasteiger partial charge in [-0.25, -0.2) is 4.79 Å². The molecule has 0 bridgehead atoms. The number of carbonyl (C=O) groups is 2. The first-order valence-electron chi connectivity index (χ1n) is 6.70. The summed E-state index contributed by atoms with van der Waals surface area (Å²) in [5, 5.41) is 9.10. The Labute approximate surface area is 128 Å². The Morgan fingerprint density at radius 2 is 1.86 bits per heavy atom. The lowest BCUT2D eigenvalue weighted by atomic mass is 10.2. The van der Waals surface area contributed by atoms with Gasteiger partial charge in [0.2, 0.25) is 5.91 Å². The molecule has 7 nitrogen and oxygen atoms in total. The van der Waals surface area contributed by atoms with Gasteiger partial charge < -0.3 is 10.0 Å². The second-order valence-corrected chi connectivity index (χ2v) is 6.82. The Morgan fingerprint density at radius 3 is 2.32 bits per heavy atom. The lowest BCUT2D eigenvalue weighted by Gasteiger charge is -2.18. The standard InChI is InChI=1S/C14H17NO6S/c1-9-3-5-12(6-4-9)22(19,20)21-11-7-13(14(17)18)15(8-11)10(2)16/h3-6,11,13H,7-8H2,1-2H3,(H,17,18)/t11-,13-/m1/s1. The quantitative estimate of drug-likeness (QED) is 0.820. The van der Waals surface area contributed by atoms with Crippen molar-refractivity contribution in [3.8, 4) is 0 Å². The molecule has 1 fully saturated rings. The van der Waals surface area contributed by atoms with Gasteiger partial charge in [0, 0.05) is 19.9 Å². The van der Waals surface area contributed by atoms with E-state index in [1.54, 1.807) is 12.1 Å². The third-order valence-corrected chi connectivity index (χ3v) is 4.90. The van der Waals surface area contributed by atoms with Gasteiger partial charge in [-0.15, -0.1) is 0 Å². The van der Waals surface area contributed by atoms with Crippen molar-refractivity contribution in [1.82, 2.24) is 4.90 Å². The number of amides is 1. The van der Waals surface area contributed by atoms with Crippen LogP contribution in [0.3, 0.4) is 0 Å². The van der Waals surface area contributed by atoms with E-state index < -0.39 is 34.1 Å². The molecule has 1 amide bonds. The van der Waals surface area contributed by atoms with E-state index in [1.807, 2.05) is 6.92 Å². The molecule has 2 rings (SSSR count). The minimum Gasteiger partial charge on any atom is -0.480 e. The molecule has 1 aliphatic rings. The molecular formula is C14H17NO6S. The molecule has 8 heteroatoms.